The van der Waals surface area contributed by atoms with Crippen LogP contribution in [-0.4, -0.2) is 35.5 Å². The molecule has 1 amide bonds. The van der Waals surface area contributed by atoms with Crippen molar-refractivity contribution in [1.29, 1.82) is 0 Å². The number of nitrogens with one attached hydrogen (secondary N) is 1. The van der Waals surface area contributed by atoms with Gasteiger partial charge in [-0.15, -0.1) is 11.3 Å². The number of halogens is 1. The molecule has 1 aromatic carbocycles. The molecule has 3 heterocycles. The Morgan fingerprint density at radius 2 is 2.14 bits per heavy atom. The fourth-order valence-corrected chi connectivity index (χ4v) is 4.88. The molecule has 0 spiro atoms. The van der Waals surface area contributed by atoms with Crippen LogP contribution in [-0.2, 0) is 17.6 Å². The number of nitrogens with zero attached hydrogens (tertiary/aromatic N) is 3. The number of aromatic nitrogens is 2. The third-order valence-corrected chi connectivity index (χ3v) is 6.87. The van der Waals surface area contributed by atoms with E-state index in [-0.39, 0.29) is 11.8 Å². The third kappa shape index (κ3) is 4.70. The number of carbonyl (C=O) groups is 1. The zero-order chi connectivity index (χ0) is 20.2. The predicted octanol–water partition coefficient (Wildman–Crippen LogP) is 4.48. The van der Waals surface area contributed by atoms with Gasteiger partial charge in [-0.05, 0) is 49.4 Å². The lowest BCUT2D eigenvalue weighted by molar-refractivity contribution is -0.125. The van der Waals surface area contributed by atoms with Crippen molar-refractivity contribution >= 4 is 44.9 Å². The molecule has 29 heavy (non-hydrogen) atoms. The summed E-state index contributed by atoms with van der Waals surface area (Å²) in [6, 6.07) is 9.97. The first-order valence-corrected chi connectivity index (χ1v) is 11.3. The number of hydrogen-bond donors (Lipinski definition) is 1. The first-order chi connectivity index (χ1) is 14.1. The Bertz CT molecular complexity index is 988. The van der Waals surface area contributed by atoms with Gasteiger partial charge in [0.1, 0.15) is 17.0 Å². The van der Waals surface area contributed by atoms with Gasteiger partial charge < -0.3 is 10.2 Å². The number of aryl methyl sites for hydroxylation is 1. The zero-order valence-corrected chi connectivity index (χ0v) is 18.1. The summed E-state index contributed by atoms with van der Waals surface area (Å²) in [6.07, 6.45) is 5.36. The molecule has 1 aliphatic rings. The van der Waals surface area contributed by atoms with Gasteiger partial charge in [0, 0.05) is 29.5 Å². The van der Waals surface area contributed by atoms with E-state index in [9.17, 15) is 4.79 Å². The summed E-state index contributed by atoms with van der Waals surface area (Å²) in [4.78, 5) is 26.3. The Morgan fingerprint density at radius 3 is 2.93 bits per heavy atom. The van der Waals surface area contributed by atoms with Crippen molar-refractivity contribution in [2.75, 3.05) is 24.5 Å². The Balaban J connectivity index is 1.38. The Hall–Kier alpha value is -2.18. The van der Waals surface area contributed by atoms with E-state index in [1.165, 1.54) is 10.4 Å². The van der Waals surface area contributed by atoms with Gasteiger partial charge >= 0.3 is 0 Å². The van der Waals surface area contributed by atoms with E-state index in [0.29, 0.717) is 13.1 Å². The number of hydrogen-bond acceptors (Lipinski definition) is 5. The van der Waals surface area contributed by atoms with Gasteiger partial charge in [-0.2, -0.15) is 0 Å². The highest BCUT2D eigenvalue weighted by Crippen LogP contribution is 2.32. The summed E-state index contributed by atoms with van der Waals surface area (Å²) in [7, 11) is 0. The van der Waals surface area contributed by atoms with E-state index in [0.717, 1.165) is 53.3 Å². The van der Waals surface area contributed by atoms with E-state index in [4.69, 9.17) is 11.6 Å². The number of amides is 1. The molecule has 1 N–H and O–H groups in total. The van der Waals surface area contributed by atoms with Crippen LogP contribution in [0.15, 0.2) is 36.7 Å². The highest BCUT2D eigenvalue weighted by atomic mass is 35.5. The Kier molecular flexibility index (Phi) is 6.31. The quantitative estimate of drug-likeness (QED) is 0.628. The van der Waals surface area contributed by atoms with E-state index >= 15 is 0 Å². The molecule has 1 atom stereocenters. The molecule has 1 fully saturated rings. The molecule has 0 unspecified atom stereocenters. The van der Waals surface area contributed by atoms with Crippen LogP contribution >= 0.6 is 22.9 Å². The highest BCUT2D eigenvalue weighted by molar-refractivity contribution is 7.18. The van der Waals surface area contributed by atoms with Crippen LogP contribution in [0.25, 0.3) is 10.2 Å². The minimum Gasteiger partial charge on any atom is -0.355 e. The topological polar surface area (TPSA) is 58.1 Å². The normalized spacial score (nSPS) is 16.9. The fourth-order valence-electron chi connectivity index (χ4n) is 3.83. The molecule has 0 saturated carbocycles. The average molecular weight is 429 g/mol. The molecule has 152 valence electrons. The van der Waals surface area contributed by atoms with Crippen molar-refractivity contribution in [3.63, 3.8) is 0 Å². The fraction of sp³-hybridized carbons (Fsp3) is 0.409. The number of rotatable bonds is 6. The molecular formula is C22H25ClN4OS. The zero-order valence-electron chi connectivity index (χ0n) is 16.5. The predicted molar refractivity (Wildman–Crippen MR) is 120 cm³/mol. The van der Waals surface area contributed by atoms with Crippen molar-refractivity contribution in [2.45, 2.75) is 32.6 Å². The summed E-state index contributed by atoms with van der Waals surface area (Å²) in [5, 5.41) is 4.95. The maximum Gasteiger partial charge on any atom is 0.224 e. The summed E-state index contributed by atoms with van der Waals surface area (Å²) >= 11 is 7.65. The number of anilines is 1. The lowest BCUT2D eigenvalue weighted by atomic mass is 9.97. The van der Waals surface area contributed by atoms with Gasteiger partial charge in [-0.1, -0.05) is 30.7 Å². The highest BCUT2D eigenvalue weighted by Gasteiger charge is 2.27. The van der Waals surface area contributed by atoms with Crippen molar-refractivity contribution in [3.05, 3.63) is 52.1 Å². The number of piperidine rings is 1. The molecule has 0 bridgehead atoms. The van der Waals surface area contributed by atoms with E-state index < -0.39 is 0 Å². The largest absolute Gasteiger partial charge is 0.355 e. The molecule has 3 aromatic rings. The monoisotopic (exact) mass is 428 g/mol. The molecule has 0 aliphatic carbocycles. The lowest BCUT2D eigenvalue weighted by Crippen LogP contribution is -2.43. The van der Waals surface area contributed by atoms with E-state index in [1.807, 2.05) is 24.3 Å². The summed E-state index contributed by atoms with van der Waals surface area (Å²) in [5.41, 5.74) is 1.17. The maximum absolute atomic E-state index is 12.7. The van der Waals surface area contributed by atoms with Crippen LogP contribution in [0.5, 0.6) is 0 Å². The molecule has 4 rings (SSSR count). The van der Waals surface area contributed by atoms with Crippen molar-refractivity contribution in [3.8, 4) is 0 Å². The summed E-state index contributed by atoms with van der Waals surface area (Å²) in [6.45, 7) is 4.43. The van der Waals surface area contributed by atoms with Crippen LogP contribution in [0, 0.1) is 5.92 Å². The molecule has 7 heteroatoms. The van der Waals surface area contributed by atoms with Crippen LogP contribution < -0.4 is 10.2 Å². The molecule has 1 aliphatic heterocycles. The average Bonchev–Trinajstić information content (AvgIpc) is 3.18. The number of fused-ring (bicyclic) bond motifs is 1. The van der Waals surface area contributed by atoms with Gasteiger partial charge in [0.05, 0.1) is 11.3 Å². The minimum absolute atomic E-state index is 0.0109. The van der Waals surface area contributed by atoms with Crippen molar-refractivity contribution in [2.24, 2.45) is 5.92 Å². The van der Waals surface area contributed by atoms with Crippen LogP contribution in [0.3, 0.4) is 0 Å². The molecular weight excluding hydrogens is 404 g/mol. The Morgan fingerprint density at radius 1 is 1.31 bits per heavy atom. The second-order valence-corrected chi connectivity index (χ2v) is 8.99. The van der Waals surface area contributed by atoms with Gasteiger partial charge in [-0.3, -0.25) is 4.79 Å². The van der Waals surface area contributed by atoms with Crippen molar-refractivity contribution < 1.29 is 4.79 Å². The number of carbonyl (C=O) groups excluding carboxylic acids is 1. The summed E-state index contributed by atoms with van der Waals surface area (Å²) in [5.74, 6) is 1.08. The smallest absolute Gasteiger partial charge is 0.224 e. The Labute approximate surface area is 180 Å². The van der Waals surface area contributed by atoms with Crippen LogP contribution in [0.4, 0.5) is 5.82 Å². The molecule has 5 nitrogen and oxygen atoms in total. The molecule has 2 aromatic heterocycles. The SMILES string of the molecule is CCc1cc2c(N3CCC[C@H](C(=O)NCCc4ccc(Cl)cc4)C3)ncnc2s1. The second-order valence-electron chi connectivity index (χ2n) is 7.44. The number of thiophene rings is 1. The second kappa shape index (κ2) is 9.09. The lowest BCUT2D eigenvalue weighted by Gasteiger charge is -2.33. The van der Waals surface area contributed by atoms with E-state index in [1.54, 1.807) is 17.7 Å². The molecule has 0 radical (unpaired) electrons. The third-order valence-electron chi connectivity index (χ3n) is 5.43. The van der Waals surface area contributed by atoms with Gasteiger partial charge in [-0.25, -0.2) is 9.97 Å². The van der Waals surface area contributed by atoms with Gasteiger partial charge in [0.15, 0.2) is 0 Å². The first kappa shape index (κ1) is 20.1. The minimum atomic E-state index is -0.0109. The van der Waals surface area contributed by atoms with Gasteiger partial charge in [0.2, 0.25) is 5.91 Å². The van der Waals surface area contributed by atoms with Crippen LogP contribution in [0.2, 0.25) is 5.02 Å². The number of benzene rings is 1. The summed E-state index contributed by atoms with van der Waals surface area (Å²) < 4.78 is 0. The maximum atomic E-state index is 12.7. The van der Waals surface area contributed by atoms with Gasteiger partial charge in [0.25, 0.3) is 0 Å². The molecule has 1 saturated heterocycles. The van der Waals surface area contributed by atoms with Crippen molar-refractivity contribution in [1.82, 2.24) is 15.3 Å². The standard InChI is InChI=1S/C22H25ClN4OS/c1-2-18-12-19-20(25-14-26-22(19)29-18)27-11-3-4-16(13-27)21(28)24-10-9-15-5-7-17(23)8-6-15/h5-8,12,14,16H,2-4,9-11,13H2,1H3,(H,24,28)/t16-/m0/s1. The van der Waals surface area contributed by atoms with Crippen LogP contribution in [0.1, 0.15) is 30.2 Å². The van der Waals surface area contributed by atoms with E-state index in [2.05, 4.69) is 33.2 Å². The first-order valence-electron chi connectivity index (χ1n) is 10.1.